The largest absolute Gasteiger partial charge is 0.353 e. The highest BCUT2D eigenvalue weighted by molar-refractivity contribution is 6.35. The van der Waals surface area contributed by atoms with E-state index < -0.39 is 0 Å². The van der Waals surface area contributed by atoms with Crippen LogP contribution in [0.25, 0.3) is 0 Å². The molecule has 0 aromatic carbocycles. The highest BCUT2D eigenvalue weighted by atomic mass is 35.5. The van der Waals surface area contributed by atoms with E-state index >= 15 is 0 Å². The molecule has 0 unspecified atom stereocenters. The Morgan fingerprint density at radius 3 is 2.29 bits per heavy atom. The SMILES string of the molecule is CCOC(C[SiH2]CCCCCl)OCC. The molecule has 0 spiro atoms. The monoisotopic (exact) mass is 238 g/mol. The zero-order chi connectivity index (χ0) is 10.6. The van der Waals surface area contributed by atoms with Gasteiger partial charge >= 0.3 is 0 Å². The fraction of sp³-hybridized carbons (Fsp3) is 1.00. The van der Waals surface area contributed by atoms with Crippen LogP contribution >= 0.6 is 11.6 Å². The summed E-state index contributed by atoms with van der Waals surface area (Å²) in [6, 6.07) is 2.51. The summed E-state index contributed by atoms with van der Waals surface area (Å²) in [5.41, 5.74) is 0. The van der Waals surface area contributed by atoms with E-state index in [0.29, 0.717) is 0 Å². The molecule has 0 saturated carbocycles. The number of ether oxygens (including phenoxy) is 2. The van der Waals surface area contributed by atoms with Gasteiger partial charge in [-0.25, -0.2) is 0 Å². The average Bonchev–Trinajstić information content (AvgIpc) is 2.18. The highest BCUT2D eigenvalue weighted by Gasteiger charge is 2.06. The summed E-state index contributed by atoms with van der Waals surface area (Å²) < 4.78 is 11.0. The van der Waals surface area contributed by atoms with Gasteiger partial charge in [0, 0.05) is 28.6 Å². The van der Waals surface area contributed by atoms with E-state index in [4.69, 9.17) is 21.1 Å². The molecular formula is C10H23ClO2Si. The number of hydrogen-bond donors (Lipinski definition) is 0. The first kappa shape index (κ1) is 14.4. The minimum atomic E-state index is -0.00571. The van der Waals surface area contributed by atoms with Crippen LogP contribution in [0.2, 0.25) is 12.1 Å². The molecule has 0 aliphatic carbocycles. The van der Waals surface area contributed by atoms with Crippen molar-refractivity contribution in [2.75, 3.05) is 19.1 Å². The second-order valence-electron chi connectivity index (χ2n) is 3.23. The molecule has 2 nitrogen and oxygen atoms in total. The minimum Gasteiger partial charge on any atom is -0.353 e. The van der Waals surface area contributed by atoms with Crippen molar-refractivity contribution >= 4 is 21.1 Å². The van der Waals surface area contributed by atoms with E-state index in [1.54, 1.807) is 0 Å². The lowest BCUT2D eigenvalue weighted by Gasteiger charge is -2.16. The number of rotatable bonds is 10. The normalized spacial score (nSPS) is 12.0. The summed E-state index contributed by atoms with van der Waals surface area (Å²) in [5.74, 6) is 0.800. The molecule has 0 radical (unpaired) electrons. The van der Waals surface area contributed by atoms with Crippen molar-refractivity contribution < 1.29 is 9.47 Å². The second kappa shape index (κ2) is 11.5. The summed E-state index contributed by atoms with van der Waals surface area (Å²) in [5, 5.41) is 0. The fourth-order valence-electron chi connectivity index (χ4n) is 1.35. The van der Waals surface area contributed by atoms with Crippen LogP contribution < -0.4 is 0 Å². The van der Waals surface area contributed by atoms with Gasteiger partial charge in [-0.1, -0.05) is 12.5 Å². The van der Waals surface area contributed by atoms with Gasteiger partial charge in [0.15, 0.2) is 6.29 Å². The van der Waals surface area contributed by atoms with Gasteiger partial charge in [0.2, 0.25) is 0 Å². The molecule has 0 heterocycles. The van der Waals surface area contributed by atoms with Crippen LogP contribution in [0.4, 0.5) is 0 Å². The molecule has 0 aliphatic rings. The van der Waals surface area contributed by atoms with Crippen LogP contribution in [0.15, 0.2) is 0 Å². The van der Waals surface area contributed by atoms with Crippen LogP contribution in [0.3, 0.4) is 0 Å². The predicted octanol–water partition coefficient (Wildman–Crippen LogP) is 2.41. The molecule has 0 rings (SSSR count). The number of unbranched alkanes of at least 4 members (excludes halogenated alkanes) is 1. The fourth-order valence-corrected chi connectivity index (χ4v) is 3.20. The Bertz CT molecular complexity index is 108. The maximum absolute atomic E-state index is 5.61. The number of hydrogen-bond acceptors (Lipinski definition) is 2. The quantitative estimate of drug-likeness (QED) is 0.252. The molecule has 0 bridgehead atoms. The van der Waals surface area contributed by atoms with Crippen molar-refractivity contribution in [3.8, 4) is 0 Å². The van der Waals surface area contributed by atoms with Gasteiger partial charge in [0.25, 0.3) is 0 Å². The lowest BCUT2D eigenvalue weighted by Crippen LogP contribution is -2.18. The van der Waals surface area contributed by atoms with E-state index in [1.807, 2.05) is 13.8 Å². The van der Waals surface area contributed by atoms with Gasteiger partial charge < -0.3 is 9.47 Å². The zero-order valence-corrected chi connectivity index (χ0v) is 11.6. The minimum absolute atomic E-state index is 0.00571. The molecule has 0 fully saturated rings. The summed E-state index contributed by atoms with van der Waals surface area (Å²) >= 11 is 5.61. The zero-order valence-electron chi connectivity index (χ0n) is 9.43. The Morgan fingerprint density at radius 2 is 1.79 bits per heavy atom. The van der Waals surface area contributed by atoms with E-state index in [0.717, 1.165) is 31.6 Å². The molecule has 0 atom stereocenters. The lowest BCUT2D eigenvalue weighted by molar-refractivity contribution is -0.123. The third-order valence-electron chi connectivity index (χ3n) is 2.03. The Labute approximate surface area is 95.1 Å². The van der Waals surface area contributed by atoms with Gasteiger partial charge in [-0.05, 0) is 26.3 Å². The van der Waals surface area contributed by atoms with Crippen LogP contribution in [-0.2, 0) is 9.47 Å². The van der Waals surface area contributed by atoms with Gasteiger partial charge in [0.1, 0.15) is 0 Å². The molecule has 4 heteroatoms. The molecule has 0 saturated heterocycles. The lowest BCUT2D eigenvalue weighted by atomic mass is 10.4. The van der Waals surface area contributed by atoms with Crippen LogP contribution in [0, 0.1) is 0 Å². The standard InChI is InChI=1S/C10H23ClO2Si/c1-3-12-10(13-4-2)9-14-8-6-5-7-11/h10H,3-9,14H2,1-2H3. The average molecular weight is 239 g/mol. The van der Waals surface area contributed by atoms with Crippen LogP contribution in [0.5, 0.6) is 0 Å². The first-order valence-electron chi connectivity index (χ1n) is 5.64. The van der Waals surface area contributed by atoms with Gasteiger partial charge in [-0.2, -0.15) is 0 Å². The van der Waals surface area contributed by atoms with Gasteiger partial charge in [-0.3, -0.25) is 0 Å². The Balaban J connectivity index is 3.30. The molecular weight excluding hydrogens is 216 g/mol. The van der Waals surface area contributed by atoms with E-state index in [9.17, 15) is 0 Å². The molecule has 0 aliphatic heterocycles. The summed E-state index contributed by atoms with van der Waals surface area (Å²) in [4.78, 5) is 0. The van der Waals surface area contributed by atoms with Crippen molar-refractivity contribution in [2.24, 2.45) is 0 Å². The summed E-state index contributed by atoms with van der Waals surface area (Å²) in [6.45, 7) is 5.53. The van der Waals surface area contributed by atoms with Crippen molar-refractivity contribution in [1.82, 2.24) is 0 Å². The van der Waals surface area contributed by atoms with Gasteiger partial charge in [0.05, 0.1) is 0 Å². The van der Waals surface area contributed by atoms with Crippen LogP contribution in [0.1, 0.15) is 26.7 Å². The Morgan fingerprint density at radius 1 is 1.14 bits per heavy atom. The topological polar surface area (TPSA) is 18.5 Å². The van der Waals surface area contributed by atoms with Gasteiger partial charge in [-0.15, -0.1) is 11.6 Å². The first-order chi connectivity index (χ1) is 6.85. The maximum atomic E-state index is 5.61. The number of halogens is 1. The maximum Gasteiger partial charge on any atom is 0.154 e. The van der Waals surface area contributed by atoms with E-state index in [2.05, 4.69) is 0 Å². The summed E-state index contributed by atoms with van der Waals surface area (Å²) in [6.07, 6.45) is 2.50. The van der Waals surface area contributed by atoms with E-state index in [1.165, 1.54) is 12.5 Å². The highest BCUT2D eigenvalue weighted by Crippen LogP contribution is 2.05. The predicted molar refractivity (Wildman–Crippen MR) is 65.2 cm³/mol. The van der Waals surface area contributed by atoms with Crippen LogP contribution in [-0.4, -0.2) is 34.9 Å². The third-order valence-corrected chi connectivity index (χ3v) is 4.18. The Hall–Kier alpha value is 0.427. The van der Waals surface area contributed by atoms with Crippen molar-refractivity contribution in [3.63, 3.8) is 0 Å². The van der Waals surface area contributed by atoms with E-state index in [-0.39, 0.29) is 15.8 Å². The number of alkyl halides is 1. The Kier molecular flexibility index (Phi) is 11.9. The summed E-state index contributed by atoms with van der Waals surface area (Å²) in [7, 11) is -0.00571. The molecule has 86 valence electrons. The molecule has 0 aromatic rings. The van der Waals surface area contributed by atoms with Crippen molar-refractivity contribution in [2.45, 2.75) is 45.1 Å². The molecule has 0 aromatic heterocycles. The first-order valence-corrected chi connectivity index (χ1v) is 8.17. The third kappa shape index (κ3) is 9.00. The molecule has 0 amide bonds. The second-order valence-corrected chi connectivity index (χ2v) is 5.60. The van der Waals surface area contributed by atoms with Crippen molar-refractivity contribution in [1.29, 1.82) is 0 Å². The van der Waals surface area contributed by atoms with Crippen molar-refractivity contribution in [3.05, 3.63) is 0 Å². The smallest absolute Gasteiger partial charge is 0.154 e. The molecule has 0 N–H and O–H groups in total. The molecule has 14 heavy (non-hydrogen) atoms.